The van der Waals surface area contributed by atoms with Gasteiger partial charge in [-0.25, -0.2) is 0 Å². The summed E-state index contributed by atoms with van der Waals surface area (Å²) in [6, 6.07) is 0.733. The Morgan fingerprint density at radius 3 is 2.62 bits per heavy atom. The van der Waals surface area contributed by atoms with Gasteiger partial charge in [-0.1, -0.05) is 13.8 Å². The predicted molar refractivity (Wildman–Crippen MR) is 51.4 cm³/mol. The Labute approximate surface area is 80.1 Å². The second-order valence-corrected chi connectivity index (χ2v) is 3.74. The number of carbonyl (C=O) groups is 1. The van der Waals surface area contributed by atoms with Crippen LogP contribution in [0.4, 0.5) is 0 Å². The molecule has 1 aliphatic carbocycles. The van der Waals surface area contributed by atoms with Crippen molar-refractivity contribution in [2.45, 2.75) is 32.7 Å². The molecule has 0 N–H and O–H groups in total. The topological polar surface area (TPSA) is 29.5 Å². The largest absolute Gasteiger partial charge is 0.469 e. The van der Waals surface area contributed by atoms with E-state index in [4.69, 9.17) is 4.74 Å². The fraction of sp³-hybridized carbons (Fsp3) is 0.900. The quantitative estimate of drug-likeness (QED) is 0.604. The highest BCUT2D eigenvalue weighted by atomic mass is 16.5. The fourth-order valence-corrected chi connectivity index (χ4v) is 1.60. The van der Waals surface area contributed by atoms with Gasteiger partial charge < -0.3 is 4.74 Å². The van der Waals surface area contributed by atoms with Gasteiger partial charge in [-0.05, 0) is 19.4 Å². The second-order valence-electron chi connectivity index (χ2n) is 3.74. The summed E-state index contributed by atoms with van der Waals surface area (Å²) in [5.41, 5.74) is 0. The van der Waals surface area contributed by atoms with Gasteiger partial charge in [0.25, 0.3) is 0 Å². The van der Waals surface area contributed by atoms with Crippen LogP contribution in [-0.2, 0) is 9.53 Å². The van der Waals surface area contributed by atoms with Gasteiger partial charge in [-0.2, -0.15) is 0 Å². The Morgan fingerprint density at radius 2 is 2.23 bits per heavy atom. The van der Waals surface area contributed by atoms with E-state index < -0.39 is 0 Å². The second kappa shape index (κ2) is 4.61. The maximum absolute atomic E-state index is 11.2. The van der Waals surface area contributed by atoms with E-state index in [1.807, 2.05) is 6.92 Å². The number of hydrogen-bond acceptors (Lipinski definition) is 3. The lowest BCUT2D eigenvalue weighted by Gasteiger charge is -2.22. The van der Waals surface area contributed by atoms with Crippen molar-refractivity contribution in [3.8, 4) is 0 Å². The van der Waals surface area contributed by atoms with Gasteiger partial charge in [0.2, 0.25) is 0 Å². The van der Waals surface area contributed by atoms with Crippen molar-refractivity contribution in [3.63, 3.8) is 0 Å². The van der Waals surface area contributed by atoms with Crippen LogP contribution in [0.3, 0.4) is 0 Å². The van der Waals surface area contributed by atoms with Crippen LogP contribution in [0, 0.1) is 5.92 Å². The minimum Gasteiger partial charge on any atom is -0.469 e. The lowest BCUT2D eigenvalue weighted by atomic mass is 10.1. The Bertz CT molecular complexity index is 178. The molecule has 1 rings (SSSR count). The highest BCUT2D eigenvalue weighted by molar-refractivity contribution is 5.72. The molecule has 0 aromatic heterocycles. The maximum atomic E-state index is 11.2. The van der Waals surface area contributed by atoms with Crippen LogP contribution < -0.4 is 0 Å². The van der Waals surface area contributed by atoms with Gasteiger partial charge in [-0.15, -0.1) is 0 Å². The Kier molecular flexibility index (Phi) is 3.72. The van der Waals surface area contributed by atoms with Crippen LogP contribution in [0.15, 0.2) is 0 Å². The lowest BCUT2D eigenvalue weighted by molar-refractivity contribution is -0.145. The van der Waals surface area contributed by atoms with Crippen molar-refractivity contribution in [1.29, 1.82) is 0 Å². The zero-order valence-electron chi connectivity index (χ0n) is 8.75. The van der Waals surface area contributed by atoms with Crippen molar-refractivity contribution in [2.24, 2.45) is 5.92 Å². The summed E-state index contributed by atoms with van der Waals surface area (Å²) in [5.74, 6) is -0.0929. The summed E-state index contributed by atoms with van der Waals surface area (Å²) in [6.45, 7) is 5.94. The van der Waals surface area contributed by atoms with Crippen LogP contribution in [0.2, 0.25) is 0 Å². The molecule has 0 heterocycles. The zero-order valence-corrected chi connectivity index (χ0v) is 8.75. The van der Waals surface area contributed by atoms with Crippen LogP contribution in [0.1, 0.15) is 26.7 Å². The minimum atomic E-state index is -0.0981. The van der Waals surface area contributed by atoms with E-state index in [2.05, 4.69) is 11.8 Å². The molecule has 0 bridgehead atoms. The number of nitrogens with zero attached hydrogens (tertiary/aromatic N) is 1. The molecule has 1 saturated carbocycles. The summed E-state index contributed by atoms with van der Waals surface area (Å²) < 4.78 is 4.69. The standard InChI is InChI=1S/C10H19NO2/c1-4-11(9-5-6-9)7-8(2)10(12)13-3/h8-9H,4-7H2,1-3H3. The van der Waals surface area contributed by atoms with Gasteiger partial charge in [0, 0.05) is 12.6 Å². The van der Waals surface area contributed by atoms with E-state index >= 15 is 0 Å². The molecule has 0 saturated heterocycles. The molecule has 3 heteroatoms. The van der Waals surface area contributed by atoms with Crippen molar-refractivity contribution in [3.05, 3.63) is 0 Å². The number of ether oxygens (including phenoxy) is 1. The first-order chi connectivity index (χ1) is 6.19. The molecule has 0 radical (unpaired) electrons. The highest BCUT2D eigenvalue weighted by Crippen LogP contribution is 2.27. The third-order valence-electron chi connectivity index (χ3n) is 2.58. The number of hydrogen-bond donors (Lipinski definition) is 0. The van der Waals surface area contributed by atoms with Gasteiger partial charge in [0.05, 0.1) is 13.0 Å². The first-order valence-corrected chi connectivity index (χ1v) is 5.01. The SMILES string of the molecule is CCN(CC(C)C(=O)OC)C1CC1. The van der Waals surface area contributed by atoms with E-state index in [-0.39, 0.29) is 11.9 Å². The first kappa shape index (κ1) is 10.5. The molecule has 0 spiro atoms. The monoisotopic (exact) mass is 185 g/mol. The van der Waals surface area contributed by atoms with E-state index in [9.17, 15) is 4.79 Å². The molecule has 1 fully saturated rings. The molecule has 76 valence electrons. The van der Waals surface area contributed by atoms with Crippen LogP contribution in [-0.4, -0.2) is 37.1 Å². The molecule has 1 aliphatic rings. The van der Waals surface area contributed by atoms with Crippen molar-refractivity contribution < 1.29 is 9.53 Å². The van der Waals surface area contributed by atoms with E-state index in [1.165, 1.54) is 20.0 Å². The Balaban J connectivity index is 2.31. The van der Waals surface area contributed by atoms with Gasteiger partial charge in [0.15, 0.2) is 0 Å². The number of esters is 1. The third-order valence-corrected chi connectivity index (χ3v) is 2.58. The number of methoxy groups -OCH3 is 1. The summed E-state index contributed by atoms with van der Waals surface area (Å²) >= 11 is 0. The van der Waals surface area contributed by atoms with Gasteiger partial charge in [0.1, 0.15) is 0 Å². The van der Waals surface area contributed by atoms with Crippen molar-refractivity contribution in [2.75, 3.05) is 20.2 Å². The molecule has 0 aromatic carbocycles. The lowest BCUT2D eigenvalue weighted by Crippen LogP contribution is -2.33. The third kappa shape index (κ3) is 2.99. The van der Waals surface area contributed by atoms with Crippen LogP contribution in [0.5, 0.6) is 0 Å². The maximum Gasteiger partial charge on any atom is 0.309 e. The van der Waals surface area contributed by atoms with Crippen molar-refractivity contribution in [1.82, 2.24) is 4.90 Å². The molecule has 13 heavy (non-hydrogen) atoms. The van der Waals surface area contributed by atoms with E-state index in [0.717, 1.165) is 19.1 Å². The van der Waals surface area contributed by atoms with Crippen molar-refractivity contribution >= 4 is 5.97 Å². The normalized spacial score (nSPS) is 18.8. The molecule has 0 amide bonds. The minimum absolute atomic E-state index is 0.00514. The number of carbonyl (C=O) groups excluding carboxylic acids is 1. The van der Waals surface area contributed by atoms with Crippen LogP contribution >= 0.6 is 0 Å². The molecule has 3 nitrogen and oxygen atoms in total. The number of rotatable bonds is 5. The predicted octanol–water partition coefficient (Wildman–Crippen LogP) is 1.28. The molecule has 0 aromatic rings. The molecule has 0 aliphatic heterocycles. The van der Waals surface area contributed by atoms with Crippen LogP contribution in [0.25, 0.3) is 0 Å². The summed E-state index contributed by atoms with van der Waals surface area (Å²) in [5, 5.41) is 0. The first-order valence-electron chi connectivity index (χ1n) is 5.01. The fourth-order valence-electron chi connectivity index (χ4n) is 1.60. The van der Waals surface area contributed by atoms with E-state index in [0.29, 0.717) is 0 Å². The average molecular weight is 185 g/mol. The molecule has 1 unspecified atom stereocenters. The smallest absolute Gasteiger partial charge is 0.309 e. The molecular formula is C10H19NO2. The summed E-state index contributed by atoms with van der Waals surface area (Å²) in [4.78, 5) is 13.5. The zero-order chi connectivity index (χ0) is 9.84. The Morgan fingerprint density at radius 1 is 1.62 bits per heavy atom. The highest BCUT2D eigenvalue weighted by Gasteiger charge is 2.29. The van der Waals surface area contributed by atoms with E-state index in [1.54, 1.807) is 0 Å². The van der Waals surface area contributed by atoms with Gasteiger partial charge >= 0.3 is 5.97 Å². The molecule has 1 atom stereocenters. The average Bonchev–Trinajstić information content (AvgIpc) is 2.95. The molecular weight excluding hydrogens is 166 g/mol. The Hall–Kier alpha value is -0.570. The summed E-state index contributed by atoms with van der Waals surface area (Å²) in [7, 11) is 1.45. The van der Waals surface area contributed by atoms with Gasteiger partial charge in [-0.3, -0.25) is 9.69 Å². The summed E-state index contributed by atoms with van der Waals surface area (Å²) in [6.07, 6.45) is 2.59.